The minimum absolute atomic E-state index is 0.311. The van der Waals surface area contributed by atoms with Crippen molar-refractivity contribution in [1.29, 1.82) is 0 Å². The molecule has 0 spiro atoms. The average Bonchev–Trinajstić information content (AvgIpc) is 2.88. The van der Waals surface area contributed by atoms with Gasteiger partial charge < -0.3 is 10.4 Å². The topological polar surface area (TPSA) is 62.2 Å². The van der Waals surface area contributed by atoms with Crippen LogP contribution in [0, 0.1) is 6.92 Å². The maximum atomic E-state index is 10.4. The Labute approximate surface area is 127 Å². The highest BCUT2D eigenvalue weighted by molar-refractivity contribution is 5.66. The van der Waals surface area contributed by atoms with Crippen LogP contribution in [0.5, 0.6) is 0 Å². The molecule has 116 valence electrons. The Morgan fingerprint density at radius 1 is 1.24 bits per heavy atom. The minimum Gasteiger partial charge on any atom is -0.481 e. The number of anilines is 1. The Morgan fingerprint density at radius 3 is 2.71 bits per heavy atom. The van der Waals surface area contributed by atoms with E-state index < -0.39 is 5.97 Å². The van der Waals surface area contributed by atoms with Crippen molar-refractivity contribution < 1.29 is 9.90 Å². The summed E-state index contributed by atoms with van der Waals surface area (Å²) in [6.45, 7) is 3.18. The number of carboxylic acid groups (broad SMARTS) is 1. The number of unbranched alkanes of at least 4 members (excludes halogenated alkanes) is 5. The third-order valence-electron chi connectivity index (χ3n) is 4.14. The zero-order valence-corrected chi connectivity index (χ0v) is 13.0. The van der Waals surface area contributed by atoms with Crippen LogP contribution >= 0.6 is 0 Å². The van der Waals surface area contributed by atoms with Crippen LogP contribution < -0.4 is 5.32 Å². The molecular formula is C17H26N2O2. The molecule has 0 radical (unpaired) electrons. The summed E-state index contributed by atoms with van der Waals surface area (Å²) in [6, 6.07) is 2.28. The fourth-order valence-electron chi connectivity index (χ4n) is 2.90. The van der Waals surface area contributed by atoms with E-state index in [1.807, 2.05) is 0 Å². The number of aliphatic carboxylic acids is 1. The number of carbonyl (C=O) groups is 1. The number of carboxylic acids is 1. The summed E-state index contributed by atoms with van der Waals surface area (Å²) in [7, 11) is 0. The summed E-state index contributed by atoms with van der Waals surface area (Å²) < 4.78 is 0. The predicted molar refractivity (Wildman–Crippen MR) is 84.8 cm³/mol. The van der Waals surface area contributed by atoms with E-state index in [-0.39, 0.29) is 0 Å². The molecule has 1 aromatic rings. The molecule has 0 bridgehead atoms. The smallest absolute Gasteiger partial charge is 0.303 e. The van der Waals surface area contributed by atoms with Gasteiger partial charge in [-0.15, -0.1) is 0 Å². The number of nitrogens with one attached hydrogen (secondary N) is 1. The minimum atomic E-state index is -0.679. The lowest BCUT2D eigenvalue weighted by Crippen LogP contribution is -1.99. The first-order valence-corrected chi connectivity index (χ1v) is 8.12. The number of hydrogen-bond acceptors (Lipinski definition) is 3. The molecular weight excluding hydrogens is 264 g/mol. The van der Waals surface area contributed by atoms with E-state index in [9.17, 15) is 4.79 Å². The van der Waals surface area contributed by atoms with E-state index >= 15 is 0 Å². The Kier molecular flexibility index (Phi) is 6.03. The second kappa shape index (κ2) is 8.01. The van der Waals surface area contributed by atoms with Gasteiger partial charge in [-0.05, 0) is 43.7 Å². The summed E-state index contributed by atoms with van der Waals surface area (Å²) in [4.78, 5) is 15.1. The summed E-state index contributed by atoms with van der Waals surface area (Å²) >= 11 is 0. The van der Waals surface area contributed by atoms with E-state index in [0.29, 0.717) is 6.42 Å². The largest absolute Gasteiger partial charge is 0.481 e. The molecule has 0 unspecified atom stereocenters. The highest BCUT2D eigenvalue weighted by atomic mass is 16.4. The first-order chi connectivity index (χ1) is 10.2. The van der Waals surface area contributed by atoms with Gasteiger partial charge in [0.15, 0.2) is 0 Å². The predicted octanol–water partition coefficient (Wildman–Crippen LogP) is 3.72. The van der Waals surface area contributed by atoms with Crippen molar-refractivity contribution in [3.63, 3.8) is 0 Å². The van der Waals surface area contributed by atoms with Gasteiger partial charge in [0.2, 0.25) is 0 Å². The highest BCUT2D eigenvalue weighted by Crippen LogP contribution is 2.23. The molecule has 0 aromatic carbocycles. The number of pyridine rings is 1. The molecule has 0 aliphatic carbocycles. The number of rotatable bonds is 9. The van der Waals surface area contributed by atoms with Gasteiger partial charge in [0.05, 0.1) is 0 Å². The average molecular weight is 290 g/mol. The van der Waals surface area contributed by atoms with Gasteiger partial charge in [0.25, 0.3) is 0 Å². The maximum absolute atomic E-state index is 10.4. The van der Waals surface area contributed by atoms with Crippen LogP contribution in [-0.4, -0.2) is 22.6 Å². The molecule has 1 aliphatic heterocycles. The van der Waals surface area contributed by atoms with Gasteiger partial charge in [0, 0.05) is 18.7 Å². The fourth-order valence-corrected chi connectivity index (χ4v) is 2.90. The van der Waals surface area contributed by atoms with E-state index in [1.165, 1.54) is 36.1 Å². The molecule has 0 saturated heterocycles. The van der Waals surface area contributed by atoms with E-state index in [4.69, 9.17) is 10.1 Å². The molecule has 4 heteroatoms. The number of fused-ring (bicyclic) bond motifs is 1. The van der Waals surface area contributed by atoms with Crippen LogP contribution in [0.15, 0.2) is 6.07 Å². The first kappa shape index (κ1) is 15.8. The number of aryl methyl sites for hydroxylation is 2. The maximum Gasteiger partial charge on any atom is 0.303 e. The van der Waals surface area contributed by atoms with Gasteiger partial charge in [-0.2, -0.15) is 0 Å². The van der Waals surface area contributed by atoms with Crippen molar-refractivity contribution in [3.8, 4) is 0 Å². The number of aromatic nitrogens is 1. The van der Waals surface area contributed by atoms with Crippen molar-refractivity contribution >= 4 is 11.8 Å². The molecule has 0 amide bonds. The molecule has 0 fully saturated rings. The van der Waals surface area contributed by atoms with Crippen molar-refractivity contribution in [2.24, 2.45) is 0 Å². The molecule has 0 atom stereocenters. The lowest BCUT2D eigenvalue weighted by atomic mass is 10.0. The Balaban J connectivity index is 1.62. The molecule has 2 heterocycles. The van der Waals surface area contributed by atoms with Crippen molar-refractivity contribution in [3.05, 3.63) is 22.9 Å². The van der Waals surface area contributed by atoms with Crippen LogP contribution in [0.4, 0.5) is 5.82 Å². The highest BCUT2D eigenvalue weighted by Gasteiger charge is 2.13. The van der Waals surface area contributed by atoms with Gasteiger partial charge in [0.1, 0.15) is 5.82 Å². The van der Waals surface area contributed by atoms with Crippen LogP contribution in [0.2, 0.25) is 0 Å². The quantitative estimate of drug-likeness (QED) is 0.680. The number of nitrogens with zero attached hydrogens (tertiary/aromatic N) is 1. The summed E-state index contributed by atoms with van der Waals surface area (Å²) in [6.07, 6.45) is 9.03. The summed E-state index contributed by atoms with van der Waals surface area (Å²) in [5.74, 6) is 0.408. The second-order valence-electron chi connectivity index (χ2n) is 5.95. The van der Waals surface area contributed by atoms with Crippen LogP contribution in [-0.2, 0) is 17.6 Å². The van der Waals surface area contributed by atoms with Gasteiger partial charge in [-0.3, -0.25) is 4.79 Å². The Morgan fingerprint density at radius 2 is 1.95 bits per heavy atom. The normalized spacial score (nSPS) is 13.0. The second-order valence-corrected chi connectivity index (χ2v) is 5.95. The molecule has 2 rings (SSSR count). The molecule has 4 nitrogen and oxygen atoms in total. The zero-order valence-electron chi connectivity index (χ0n) is 13.0. The standard InChI is InChI=1S/C17H26N2O2/c1-13-12-14-10-11-18-17(14)19-15(13)8-6-4-2-3-5-7-9-16(20)21/h12H,2-11H2,1H3,(H,18,19)(H,20,21). The van der Waals surface area contributed by atoms with Gasteiger partial charge in [-0.25, -0.2) is 4.98 Å². The molecule has 2 N–H and O–H groups in total. The fraction of sp³-hybridized carbons (Fsp3) is 0.647. The first-order valence-electron chi connectivity index (χ1n) is 8.12. The van der Waals surface area contributed by atoms with Crippen LogP contribution in [0.3, 0.4) is 0 Å². The van der Waals surface area contributed by atoms with Gasteiger partial charge in [-0.1, -0.05) is 31.7 Å². The molecule has 1 aromatic heterocycles. The van der Waals surface area contributed by atoms with E-state index in [2.05, 4.69) is 18.3 Å². The molecule has 0 saturated carbocycles. The van der Waals surface area contributed by atoms with Gasteiger partial charge >= 0.3 is 5.97 Å². The summed E-state index contributed by atoms with van der Waals surface area (Å²) in [5, 5.41) is 11.9. The third-order valence-corrected chi connectivity index (χ3v) is 4.14. The lowest BCUT2D eigenvalue weighted by Gasteiger charge is -2.08. The number of hydrogen-bond donors (Lipinski definition) is 2. The van der Waals surface area contributed by atoms with Crippen molar-refractivity contribution in [2.45, 2.75) is 64.7 Å². The monoisotopic (exact) mass is 290 g/mol. The SMILES string of the molecule is Cc1cc2c(nc1CCCCCCCCC(=O)O)NCC2. The Bertz CT molecular complexity index is 486. The van der Waals surface area contributed by atoms with Crippen LogP contribution in [0.1, 0.15) is 61.8 Å². The lowest BCUT2D eigenvalue weighted by molar-refractivity contribution is -0.137. The van der Waals surface area contributed by atoms with Crippen LogP contribution in [0.25, 0.3) is 0 Å². The van der Waals surface area contributed by atoms with E-state index in [1.54, 1.807) is 0 Å². The molecule has 1 aliphatic rings. The van der Waals surface area contributed by atoms with Crippen molar-refractivity contribution in [2.75, 3.05) is 11.9 Å². The zero-order chi connectivity index (χ0) is 15.1. The Hall–Kier alpha value is -1.58. The summed E-state index contributed by atoms with van der Waals surface area (Å²) in [5.41, 5.74) is 3.91. The van der Waals surface area contributed by atoms with Crippen molar-refractivity contribution in [1.82, 2.24) is 4.98 Å². The molecule has 21 heavy (non-hydrogen) atoms. The van der Waals surface area contributed by atoms with E-state index in [0.717, 1.165) is 44.5 Å². The third kappa shape index (κ3) is 5.03.